The van der Waals surface area contributed by atoms with E-state index in [4.69, 9.17) is 10.5 Å². The van der Waals surface area contributed by atoms with Crippen molar-refractivity contribution < 1.29 is 9.53 Å². The lowest BCUT2D eigenvalue weighted by molar-refractivity contribution is -0.123. The van der Waals surface area contributed by atoms with Crippen LogP contribution in [0.2, 0.25) is 0 Å². The number of ether oxygens (including phenoxy) is 1. The van der Waals surface area contributed by atoms with Crippen molar-refractivity contribution in [2.24, 2.45) is 5.73 Å². The van der Waals surface area contributed by atoms with Crippen LogP contribution < -0.4 is 11.1 Å². The highest BCUT2D eigenvalue weighted by Gasteiger charge is 2.18. The van der Waals surface area contributed by atoms with E-state index in [2.05, 4.69) is 5.32 Å². The van der Waals surface area contributed by atoms with Gasteiger partial charge in [0, 0.05) is 25.6 Å². The summed E-state index contributed by atoms with van der Waals surface area (Å²) in [4.78, 5) is 11.4. The number of carbonyl (C=O) groups is 1. The summed E-state index contributed by atoms with van der Waals surface area (Å²) in [6, 6.07) is -0.0415. The van der Waals surface area contributed by atoms with E-state index in [-0.39, 0.29) is 17.6 Å². The van der Waals surface area contributed by atoms with Gasteiger partial charge >= 0.3 is 0 Å². The maximum atomic E-state index is 11.4. The van der Waals surface area contributed by atoms with Gasteiger partial charge in [-0.2, -0.15) is 0 Å². The highest BCUT2D eigenvalue weighted by molar-refractivity contribution is 5.76. The summed E-state index contributed by atoms with van der Waals surface area (Å²) >= 11 is 0. The molecule has 0 aliphatic heterocycles. The molecule has 0 aromatic carbocycles. The lowest BCUT2D eigenvalue weighted by Gasteiger charge is -2.25. The van der Waals surface area contributed by atoms with Gasteiger partial charge in [-0.1, -0.05) is 6.92 Å². The Kier molecular flexibility index (Phi) is 6.52. The van der Waals surface area contributed by atoms with E-state index >= 15 is 0 Å². The number of amides is 1. The first-order valence-electron chi connectivity index (χ1n) is 5.57. The fourth-order valence-electron chi connectivity index (χ4n) is 1.21. The lowest BCUT2D eigenvalue weighted by atomic mass is 10.1. The average molecular weight is 216 g/mol. The van der Waals surface area contributed by atoms with Gasteiger partial charge in [0.15, 0.2) is 0 Å². The van der Waals surface area contributed by atoms with Gasteiger partial charge in [-0.15, -0.1) is 0 Å². The molecule has 0 spiro atoms. The number of nitrogens with one attached hydrogen (secondary N) is 1. The van der Waals surface area contributed by atoms with E-state index in [0.717, 1.165) is 6.42 Å². The van der Waals surface area contributed by atoms with Crippen molar-refractivity contribution in [3.8, 4) is 0 Å². The Morgan fingerprint density at radius 3 is 2.53 bits per heavy atom. The zero-order valence-corrected chi connectivity index (χ0v) is 10.3. The van der Waals surface area contributed by atoms with Crippen molar-refractivity contribution in [3.05, 3.63) is 0 Å². The van der Waals surface area contributed by atoms with Crippen molar-refractivity contribution in [2.45, 2.75) is 52.2 Å². The second kappa shape index (κ2) is 6.80. The van der Waals surface area contributed by atoms with E-state index in [9.17, 15) is 4.79 Å². The Hall–Kier alpha value is -0.610. The van der Waals surface area contributed by atoms with Crippen molar-refractivity contribution in [2.75, 3.05) is 13.2 Å². The van der Waals surface area contributed by atoms with Gasteiger partial charge in [-0.25, -0.2) is 0 Å². The summed E-state index contributed by atoms with van der Waals surface area (Å²) in [5.41, 5.74) is 5.37. The van der Waals surface area contributed by atoms with E-state index in [1.54, 1.807) is 0 Å². The second-order valence-electron chi connectivity index (χ2n) is 4.34. The average Bonchev–Trinajstić information content (AvgIpc) is 2.15. The molecule has 0 heterocycles. The molecule has 0 aromatic heterocycles. The molecule has 4 heteroatoms. The molecule has 0 fully saturated rings. The van der Waals surface area contributed by atoms with Gasteiger partial charge < -0.3 is 15.8 Å². The second-order valence-corrected chi connectivity index (χ2v) is 4.34. The maximum Gasteiger partial charge on any atom is 0.221 e. The molecule has 3 N–H and O–H groups in total. The highest BCUT2D eigenvalue weighted by atomic mass is 16.5. The first-order valence-corrected chi connectivity index (χ1v) is 5.57. The first-order chi connectivity index (χ1) is 6.91. The molecule has 0 radical (unpaired) electrons. The molecule has 1 atom stereocenters. The van der Waals surface area contributed by atoms with Crippen LogP contribution in [0, 0.1) is 0 Å². The van der Waals surface area contributed by atoms with E-state index in [1.807, 2.05) is 27.7 Å². The Bertz CT molecular complexity index is 193. The predicted molar refractivity (Wildman–Crippen MR) is 61.6 cm³/mol. The van der Waals surface area contributed by atoms with Gasteiger partial charge in [-0.3, -0.25) is 4.79 Å². The summed E-state index contributed by atoms with van der Waals surface area (Å²) in [6.07, 6.45) is 1.21. The van der Waals surface area contributed by atoms with E-state index in [0.29, 0.717) is 19.6 Å². The van der Waals surface area contributed by atoms with Crippen molar-refractivity contribution in [1.82, 2.24) is 5.32 Å². The molecule has 0 saturated heterocycles. The molecule has 4 nitrogen and oxygen atoms in total. The minimum atomic E-state index is -0.305. The van der Waals surface area contributed by atoms with Gasteiger partial charge in [0.25, 0.3) is 0 Å². The molecule has 15 heavy (non-hydrogen) atoms. The third-order valence-corrected chi connectivity index (χ3v) is 2.22. The summed E-state index contributed by atoms with van der Waals surface area (Å²) < 4.78 is 5.47. The van der Waals surface area contributed by atoms with E-state index < -0.39 is 0 Å². The Morgan fingerprint density at radius 1 is 1.47 bits per heavy atom. The summed E-state index contributed by atoms with van der Waals surface area (Å²) in [7, 11) is 0. The van der Waals surface area contributed by atoms with Crippen LogP contribution in [0.25, 0.3) is 0 Å². The fraction of sp³-hybridized carbons (Fsp3) is 0.909. The summed E-state index contributed by atoms with van der Waals surface area (Å²) in [5.74, 6) is -0.00266. The van der Waals surface area contributed by atoms with Crippen molar-refractivity contribution in [3.63, 3.8) is 0 Å². The summed E-state index contributed by atoms with van der Waals surface area (Å²) in [5, 5.41) is 2.83. The molecule has 1 amide bonds. The molecule has 1 unspecified atom stereocenters. The smallest absolute Gasteiger partial charge is 0.221 e. The first kappa shape index (κ1) is 14.4. The Balaban J connectivity index is 3.79. The van der Waals surface area contributed by atoms with Gasteiger partial charge in [0.2, 0.25) is 5.91 Å². The molecule has 90 valence electrons. The van der Waals surface area contributed by atoms with E-state index in [1.165, 1.54) is 0 Å². The minimum absolute atomic E-state index is 0.00266. The van der Waals surface area contributed by atoms with Crippen LogP contribution in [0.15, 0.2) is 0 Å². The van der Waals surface area contributed by atoms with Crippen LogP contribution in [-0.4, -0.2) is 30.7 Å². The van der Waals surface area contributed by atoms with Crippen LogP contribution in [0.1, 0.15) is 40.5 Å². The molecule has 0 saturated carbocycles. The quantitative estimate of drug-likeness (QED) is 0.668. The number of carbonyl (C=O) groups excluding carboxylic acids is 1. The largest absolute Gasteiger partial charge is 0.374 e. The molecule has 0 aromatic rings. The normalized spacial score (nSPS) is 13.7. The predicted octanol–water partition coefficient (Wildman–Crippen LogP) is 1.05. The molecular formula is C11H24N2O2. The third-order valence-electron chi connectivity index (χ3n) is 2.22. The zero-order chi connectivity index (χ0) is 11.9. The van der Waals surface area contributed by atoms with Crippen LogP contribution in [0.3, 0.4) is 0 Å². The lowest BCUT2D eigenvalue weighted by Crippen LogP contribution is -2.42. The van der Waals surface area contributed by atoms with Crippen LogP contribution in [-0.2, 0) is 9.53 Å². The molecule has 0 aliphatic carbocycles. The number of hydrogen-bond acceptors (Lipinski definition) is 3. The molecule has 0 bridgehead atoms. The zero-order valence-electron chi connectivity index (χ0n) is 10.3. The fourth-order valence-corrected chi connectivity index (χ4v) is 1.21. The third kappa shape index (κ3) is 7.33. The van der Waals surface area contributed by atoms with Crippen LogP contribution in [0.5, 0.6) is 0 Å². The van der Waals surface area contributed by atoms with Gasteiger partial charge in [0.1, 0.15) is 0 Å². The highest BCUT2D eigenvalue weighted by Crippen LogP contribution is 2.06. The number of nitrogens with two attached hydrogens (primary N) is 1. The van der Waals surface area contributed by atoms with Gasteiger partial charge in [-0.05, 0) is 27.2 Å². The maximum absolute atomic E-state index is 11.4. The Morgan fingerprint density at radius 2 is 2.07 bits per heavy atom. The molecule has 0 aliphatic rings. The van der Waals surface area contributed by atoms with Crippen molar-refractivity contribution >= 4 is 5.91 Å². The van der Waals surface area contributed by atoms with Crippen LogP contribution in [0.4, 0.5) is 0 Å². The monoisotopic (exact) mass is 216 g/mol. The standard InChI is InChI=1S/C11H24N2O2/c1-5-9(12)7-10(14)13-8-11(3,4)15-6-2/h9H,5-8,12H2,1-4H3,(H,13,14). The topological polar surface area (TPSA) is 64.3 Å². The molecule has 0 rings (SSSR count). The minimum Gasteiger partial charge on any atom is -0.374 e. The Labute approximate surface area is 92.6 Å². The number of rotatable bonds is 7. The van der Waals surface area contributed by atoms with Crippen molar-refractivity contribution in [1.29, 1.82) is 0 Å². The SMILES string of the molecule is CCOC(C)(C)CNC(=O)CC(N)CC. The summed E-state index contributed by atoms with van der Waals surface area (Å²) in [6.45, 7) is 9.00. The van der Waals surface area contributed by atoms with Gasteiger partial charge in [0.05, 0.1) is 5.60 Å². The van der Waals surface area contributed by atoms with Crippen LogP contribution >= 0.6 is 0 Å². The molecular weight excluding hydrogens is 192 g/mol. The number of hydrogen-bond donors (Lipinski definition) is 2.